The number of rotatable bonds is 5. The van der Waals surface area contributed by atoms with Crippen LogP contribution in [0, 0.1) is 0 Å². The van der Waals surface area contributed by atoms with Gasteiger partial charge in [0.05, 0.1) is 12.8 Å². The molecular formula is C22H26O3Si. The van der Waals surface area contributed by atoms with Crippen molar-refractivity contribution in [3.63, 3.8) is 0 Å². The van der Waals surface area contributed by atoms with Gasteiger partial charge in [-0.05, 0) is 11.1 Å². The Bertz CT molecular complexity index is 739. The fourth-order valence-corrected chi connectivity index (χ4v) is 10.0. The number of esters is 1. The smallest absolute Gasteiger partial charge is 0.330 e. The molecule has 1 fully saturated rings. The maximum absolute atomic E-state index is 11.5. The van der Waals surface area contributed by atoms with E-state index in [1.165, 1.54) is 23.6 Å². The number of hydrogen-bond acceptors (Lipinski definition) is 3. The molecule has 0 N–H and O–H groups in total. The van der Waals surface area contributed by atoms with Crippen molar-refractivity contribution in [3.05, 3.63) is 72.8 Å². The van der Waals surface area contributed by atoms with Gasteiger partial charge >= 0.3 is 5.97 Å². The number of ether oxygens (including phenoxy) is 2. The molecule has 2 aromatic rings. The maximum atomic E-state index is 11.5. The molecule has 0 aromatic heterocycles. The Kier molecular flexibility index (Phi) is 5.16. The largest absolute Gasteiger partial charge is 0.466 e. The van der Waals surface area contributed by atoms with Crippen LogP contribution >= 0.6 is 0 Å². The van der Waals surface area contributed by atoms with E-state index in [4.69, 9.17) is 9.47 Å². The normalized spacial score (nSPS) is 20.2. The highest BCUT2D eigenvalue weighted by molar-refractivity contribution is 7.05. The van der Waals surface area contributed by atoms with Crippen LogP contribution in [-0.4, -0.2) is 33.0 Å². The first-order valence-electron chi connectivity index (χ1n) is 8.94. The zero-order chi connectivity index (χ0) is 18.8. The third-order valence-electron chi connectivity index (χ3n) is 5.22. The highest BCUT2D eigenvalue weighted by atomic mass is 28.3. The summed E-state index contributed by atoms with van der Waals surface area (Å²) in [5, 5.41) is 2.75. The van der Waals surface area contributed by atoms with Crippen molar-refractivity contribution in [1.29, 1.82) is 0 Å². The summed E-state index contributed by atoms with van der Waals surface area (Å²) in [6.07, 6.45) is 3.26. The van der Waals surface area contributed by atoms with Gasteiger partial charge < -0.3 is 9.47 Å². The summed E-state index contributed by atoms with van der Waals surface area (Å²) in [5.74, 6) is -0.346. The van der Waals surface area contributed by atoms with Crippen molar-refractivity contribution >= 4 is 24.4 Å². The van der Waals surface area contributed by atoms with Crippen LogP contribution in [0.1, 0.15) is 20.8 Å². The van der Waals surface area contributed by atoms with Crippen LogP contribution in [-0.2, 0) is 14.3 Å². The van der Waals surface area contributed by atoms with E-state index in [-0.39, 0.29) is 22.8 Å². The molecule has 0 spiro atoms. The summed E-state index contributed by atoms with van der Waals surface area (Å²) in [6.45, 7) is 6.92. The van der Waals surface area contributed by atoms with E-state index in [0.29, 0.717) is 0 Å². The van der Waals surface area contributed by atoms with Crippen molar-refractivity contribution in [2.45, 2.75) is 37.6 Å². The van der Waals surface area contributed by atoms with Gasteiger partial charge in [0.15, 0.2) is 8.07 Å². The van der Waals surface area contributed by atoms with E-state index in [0.717, 1.165) is 0 Å². The molecule has 4 heteroatoms. The van der Waals surface area contributed by atoms with Crippen molar-refractivity contribution in [2.24, 2.45) is 0 Å². The van der Waals surface area contributed by atoms with Crippen molar-refractivity contribution in [2.75, 3.05) is 7.11 Å². The van der Waals surface area contributed by atoms with E-state index < -0.39 is 8.07 Å². The Morgan fingerprint density at radius 2 is 1.50 bits per heavy atom. The Balaban J connectivity index is 2.11. The third kappa shape index (κ3) is 3.27. The standard InChI is InChI=1S/C22H26O3Si/c1-22(2,3)26(17-11-7-5-8-12-17,18-13-9-6-10-14-18)21-19(25-21)15-16-20(23)24-4/h5-16,19,21H,1-4H3/b16-15-/t19-,21-/m0/s1. The number of hydrogen-bond donors (Lipinski definition) is 0. The van der Waals surface area contributed by atoms with Gasteiger partial charge in [-0.25, -0.2) is 4.79 Å². The molecule has 1 heterocycles. The number of carbonyl (C=O) groups excluding carboxylic acids is 1. The Labute approximate surface area is 156 Å². The van der Waals surface area contributed by atoms with Gasteiger partial charge in [0, 0.05) is 6.08 Å². The summed E-state index contributed by atoms with van der Waals surface area (Å²) in [6, 6.07) is 21.4. The van der Waals surface area contributed by atoms with Crippen molar-refractivity contribution in [1.82, 2.24) is 0 Å². The first-order valence-corrected chi connectivity index (χ1v) is 11.0. The molecular weight excluding hydrogens is 340 g/mol. The maximum Gasteiger partial charge on any atom is 0.330 e. The van der Waals surface area contributed by atoms with E-state index in [1.807, 2.05) is 6.08 Å². The summed E-state index contributed by atoms with van der Waals surface area (Å²) in [5.41, 5.74) is 0.0909. The predicted octanol–water partition coefficient (Wildman–Crippen LogP) is 3.09. The van der Waals surface area contributed by atoms with Gasteiger partial charge in [-0.15, -0.1) is 0 Å². The molecule has 26 heavy (non-hydrogen) atoms. The Morgan fingerprint density at radius 1 is 1.00 bits per heavy atom. The molecule has 3 nitrogen and oxygen atoms in total. The van der Waals surface area contributed by atoms with Crippen LogP contribution in [0.25, 0.3) is 0 Å². The van der Waals surface area contributed by atoms with Gasteiger partial charge in [-0.2, -0.15) is 0 Å². The number of methoxy groups -OCH3 is 1. The second-order valence-electron chi connectivity index (χ2n) is 7.69. The molecule has 0 saturated carbocycles. The lowest BCUT2D eigenvalue weighted by atomic mass is 10.2. The van der Waals surface area contributed by atoms with Crippen LogP contribution in [0.4, 0.5) is 0 Å². The summed E-state index contributed by atoms with van der Waals surface area (Å²) in [4.78, 5) is 11.5. The molecule has 2 aromatic carbocycles. The van der Waals surface area contributed by atoms with Crippen molar-refractivity contribution < 1.29 is 14.3 Å². The second-order valence-corrected chi connectivity index (χ2v) is 12.5. The zero-order valence-corrected chi connectivity index (χ0v) is 16.8. The van der Waals surface area contributed by atoms with Crippen LogP contribution in [0.2, 0.25) is 5.04 Å². The van der Waals surface area contributed by atoms with Gasteiger partial charge in [-0.3, -0.25) is 0 Å². The number of carbonyl (C=O) groups is 1. The Morgan fingerprint density at radius 3 is 1.92 bits per heavy atom. The van der Waals surface area contributed by atoms with Crippen LogP contribution in [0.3, 0.4) is 0 Å². The molecule has 2 atom stereocenters. The predicted molar refractivity (Wildman–Crippen MR) is 107 cm³/mol. The molecule has 136 valence electrons. The lowest BCUT2D eigenvalue weighted by molar-refractivity contribution is -0.134. The summed E-state index contributed by atoms with van der Waals surface area (Å²) in [7, 11) is -0.897. The molecule has 0 radical (unpaired) electrons. The van der Waals surface area contributed by atoms with Crippen LogP contribution in [0.5, 0.6) is 0 Å². The summed E-state index contributed by atoms with van der Waals surface area (Å²) >= 11 is 0. The first kappa shape index (κ1) is 18.6. The SMILES string of the molecule is COC(=O)/C=C\[C@@H]1O[C@H]1[Si](c1ccccc1)(c1ccccc1)C(C)(C)C. The van der Waals surface area contributed by atoms with Crippen LogP contribution in [0.15, 0.2) is 72.8 Å². The summed E-state index contributed by atoms with van der Waals surface area (Å²) < 4.78 is 10.9. The topological polar surface area (TPSA) is 38.8 Å². The van der Waals surface area contributed by atoms with E-state index in [9.17, 15) is 4.79 Å². The first-order chi connectivity index (χ1) is 12.4. The van der Waals surface area contributed by atoms with E-state index in [1.54, 1.807) is 0 Å². The van der Waals surface area contributed by atoms with Gasteiger partial charge in [0.2, 0.25) is 0 Å². The molecule has 0 amide bonds. The molecule has 3 rings (SSSR count). The lowest BCUT2D eigenvalue weighted by Gasteiger charge is -2.43. The van der Waals surface area contributed by atoms with E-state index in [2.05, 4.69) is 81.4 Å². The van der Waals surface area contributed by atoms with Gasteiger partial charge in [0.1, 0.15) is 6.10 Å². The average molecular weight is 367 g/mol. The quantitative estimate of drug-likeness (QED) is 0.353. The minimum absolute atomic E-state index is 0.0359. The number of benzene rings is 2. The fraction of sp³-hybridized carbons (Fsp3) is 0.318. The average Bonchev–Trinajstić information content (AvgIpc) is 3.40. The lowest BCUT2D eigenvalue weighted by Crippen LogP contribution is -2.69. The fourth-order valence-electron chi connectivity index (χ4n) is 4.05. The third-order valence-corrected chi connectivity index (χ3v) is 11.4. The molecule has 0 unspecified atom stereocenters. The molecule has 1 aliphatic rings. The Hall–Kier alpha value is -2.17. The second kappa shape index (κ2) is 7.21. The highest BCUT2D eigenvalue weighted by Gasteiger charge is 2.62. The minimum atomic E-state index is -2.29. The van der Waals surface area contributed by atoms with Crippen LogP contribution < -0.4 is 10.4 Å². The number of epoxide rings is 1. The van der Waals surface area contributed by atoms with Gasteiger partial charge in [0.25, 0.3) is 0 Å². The molecule has 0 bridgehead atoms. The molecule has 0 aliphatic carbocycles. The molecule has 1 aliphatic heterocycles. The van der Waals surface area contributed by atoms with Crippen molar-refractivity contribution in [3.8, 4) is 0 Å². The zero-order valence-electron chi connectivity index (χ0n) is 15.8. The van der Waals surface area contributed by atoms with Gasteiger partial charge in [-0.1, -0.05) is 91.8 Å². The van der Waals surface area contributed by atoms with E-state index >= 15 is 0 Å². The monoisotopic (exact) mass is 366 g/mol. The highest BCUT2D eigenvalue weighted by Crippen LogP contribution is 2.46. The molecule has 1 saturated heterocycles. The minimum Gasteiger partial charge on any atom is -0.466 e.